The van der Waals surface area contributed by atoms with E-state index in [4.69, 9.17) is 4.74 Å². The van der Waals surface area contributed by atoms with Crippen molar-refractivity contribution in [2.24, 2.45) is 0 Å². The molecule has 1 fully saturated rings. The zero-order valence-corrected chi connectivity index (χ0v) is 10.6. The van der Waals surface area contributed by atoms with Gasteiger partial charge in [-0.3, -0.25) is 4.79 Å². The minimum Gasteiger partial charge on any atom is -0.469 e. The van der Waals surface area contributed by atoms with Gasteiger partial charge in [0.1, 0.15) is 0 Å². The first kappa shape index (κ1) is 10.2. The molecule has 4 heteroatoms. The molecule has 0 aromatic rings. The summed E-state index contributed by atoms with van der Waals surface area (Å²) in [6.45, 7) is 6.64. The topological polar surface area (TPSA) is 26.3 Å². The number of halogens is 1. The molecule has 0 spiro atoms. The van der Waals surface area contributed by atoms with Crippen LogP contribution in [-0.4, -0.2) is 26.0 Å². The van der Waals surface area contributed by atoms with Crippen molar-refractivity contribution in [3.8, 4) is 0 Å². The molecule has 2 atom stereocenters. The smallest absolute Gasteiger partial charge is 0.310 e. The Hall–Kier alpha value is 0.167. The van der Waals surface area contributed by atoms with Gasteiger partial charge < -0.3 is 4.74 Å². The summed E-state index contributed by atoms with van der Waals surface area (Å²) >= 11 is 3.52. The van der Waals surface area contributed by atoms with E-state index in [-0.39, 0.29) is 11.0 Å². The highest BCUT2D eigenvalue weighted by Crippen LogP contribution is 2.65. The second-order valence-electron chi connectivity index (χ2n) is 4.38. The second-order valence-corrected chi connectivity index (χ2v) is 10.9. The Kier molecular flexibility index (Phi) is 2.42. The van der Waals surface area contributed by atoms with Crippen molar-refractivity contribution in [2.75, 3.05) is 7.11 Å². The average Bonchev–Trinajstić information content (AvgIpc) is 2.60. The van der Waals surface area contributed by atoms with Crippen LogP contribution in [0.4, 0.5) is 0 Å². The molecule has 0 aliphatic heterocycles. The number of alkyl halides is 1. The van der Waals surface area contributed by atoms with E-state index in [0.717, 1.165) is 6.42 Å². The molecule has 0 amide bonds. The predicted molar refractivity (Wildman–Crippen MR) is 55.4 cm³/mol. The van der Waals surface area contributed by atoms with Crippen LogP contribution in [0.25, 0.3) is 0 Å². The van der Waals surface area contributed by atoms with Crippen molar-refractivity contribution in [3.63, 3.8) is 0 Å². The maximum Gasteiger partial charge on any atom is 0.310 e. The number of rotatable bonds is 2. The summed E-state index contributed by atoms with van der Waals surface area (Å²) in [6, 6.07) is 0. The summed E-state index contributed by atoms with van der Waals surface area (Å²) < 4.78 is 4.84. The third-order valence-electron chi connectivity index (χ3n) is 2.76. The molecule has 1 aliphatic carbocycles. The van der Waals surface area contributed by atoms with E-state index < -0.39 is 8.07 Å². The zero-order valence-electron chi connectivity index (χ0n) is 7.98. The fraction of sp³-hybridized carbons (Fsp3) is 0.875. The maximum absolute atomic E-state index is 11.5. The molecule has 0 radical (unpaired) electrons. The Labute approximate surface area is 82.8 Å². The summed E-state index contributed by atoms with van der Waals surface area (Å²) in [5, 5.41) is -0.151. The van der Waals surface area contributed by atoms with Crippen LogP contribution >= 0.6 is 15.9 Å². The standard InChI is InChI=1S/C8H15BrO2Si/c1-11-7(10)8(5-6(8)9)12(2,3)4/h6H,5H2,1-4H3. The molecule has 1 saturated carbocycles. The third kappa shape index (κ3) is 1.25. The van der Waals surface area contributed by atoms with E-state index in [1.54, 1.807) is 0 Å². The number of hydrogen-bond acceptors (Lipinski definition) is 2. The molecule has 0 bridgehead atoms. The average molecular weight is 251 g/mol. The molecule has 1 aliphatic rings. The molecule has 1 rings (SSSR count). The highest BCUT2D eigenvalue weighted by atomic mass is 79.9. The van der Waals surface area contributed by atoms with E-state index in [1.807, 2.05) is 0 Å². The van der Waals surface area contributed by atoms with E-state index in [1.165, 1.54) is 7.11 Å². The highest BCUT2D eigenvalue weighted by Gasteiger charge is 2.67. The summed E-state index contributed by atoms with van der Waals surface area (Å²) in [7, 11) is 0.0322. The Morgan fingerprint density at radius 1 is 1.58 bits per heavy atom. The van der Waals surface area contributed by atoms with Crippen LogP contribution in [0.5, 0.6) is 0 Å². The number of methoxy groups -OCH3 is 1. The molecule has 12 heavy (non-hydrogen) atoms. The number of esters is 1. The van der Waals surface area contributed by atoms with E-state index >= 15 is 0 Å². The first-order valence-corrected chi connectivity index (χ1v) is 8.50. The zero-order chi connectivity index (χ0) is 9.57. The Morgan fingerprint density at radius 2 is 2.00 bits per heavy atom. The van der Waals surface area contributed by atoms with Crippen molar-refractivity contribution in [2.45, 2.75) is 35.9 Å². The first-order chi connectivity index (χ1) is 5.36. The SMILES string of the molecule is COC(=O)C1([Si](C)(C)C)CC1Br. The fourth-order valence-electron chi connectivity index (χ4n) is 1.70. The van der Waals surface area contributed by atoms with Gasteiger partial charge in [0.2, 0.25) is 0 Å². The number of ether oxygens (including phenoxy) is 1. The van der Waals surface area contributed by atoms with E-state index in [2.05, 4.69) is 35.6 Å². The maximum atomic E-state index is 11.5. The van der Waals surface area contributed by atoms with Gasteiger partial charge in [0.15, 0.2) is 0 Å². The molecule has 0 aromatic carbocycles. The van der Waals surface area contributed by atoms with Gasteiger partial charge >= 0.3 is 5.97 Å². The van der Waals surface area contributed by atoms with Crippen LogP contribution in [0.1, 0.15) is 6.42 Å². The summed E-state index contributed by atoms with van der Waals surface area (Å²) in [6.07, 6.45) is 0.954. The second kappa shape index (κ2) is 2.84. The molecular weight excluding hydrogens is 236 g/mol. The minimum atomic E-state index is -1.44. The summed E-state index contributed by atoms with van der Waals surface area (Å²) in [4.78, 5) is 11.9. The van der Waals surface area contributed by atoms with E-state index in [0.29, 0.717) is 4.83 Å². The molecule has 0 heterocycles. The van der Waals surface area contributed by atoms with Crippen LogP contribution in [0, 0.1) is 0 Å². The molecule has 0 aromatic heterocycles. The van der Waals surface area contributed by atoms with Crippen molar-refractivity contribution >= 4 is 30.0 Å². The van der Waals surface area contributed by atoms with Gasteiger partial charge in [0.05, 0.1) is 20.2 Å². The lowest BCUT2D eigenvalue weighted by atomic mass is 10.4. The minimum absolute atomic E-state index is 0.0245. The molecule has 70 valence electrons. The Balaban J connectivity index is 2.87. The van der Waals surface area contributed by atoms with Crippen LogP contribution in [0.15, 0.2) is 0 Å². The Morgan fingerprint density at radius 3 is 2.08 bits per heavy atom. The largest absolute Gasteiger partial charge is 0.469 e. The van der Waals surface area contributed by atoms with Crippen LogP contribution < -0.4 is 0 Å². The van der Waals surface area contributed by atoms with Gasteiger partial charge in [-0.25, -0.2) is 0 Å². The summed E-state index contributed by atoms with van der Waals surface area (Å²) in [5.74, 6) is -0.0245. The van der Waals surface area contributed by atoms with Gasteiger partial charge in [-0.05, 0) is 6.42 Å². The van der Waals surface area contributed by atoms with Gasteiger partial charge in [0.25, 0.3) is 0 Å². The number of hydrogen-bond donors (Lipinski definition) is 0. The van der Waals surface area contributed by atoms with Gasteiger partial charge in [-0.2, -0.15) is 0 Å². The lowest BCUT2D eigenvalue weighted by molar-refractivity contribution is -0.141. The number of carbonyl (C=O) groups excluding carboxylic acids is 1. The molecule has 0 N–H and O–H groups in total. The molecule has 2 unspecified atom stereocenters. The number of carbonyl (C=O) groups is 1. The van der Waals surface area contributed by atoms with Crippen molar-refractivity contribution in [3.05, 3.63) is 0 Å². The van der Waals surface area contributed by atoms with Gasteiger partial charge in [-0.1, -0.05) is 35.6 Å². The quantitative estimate of drug-likeness (QED) is 0.428. The fourth-order valence-corrected chi connectivity index (χ4v) is 7.23. The normalized spacial score (nSPS) is 34.6. The van der Waals surface area contributed by atoms with Crippen molar-refractivity contribution < 1.29 is 9.53 Å². The monoisotopic (exact) mass is 250 g/mol. The highest BCUT2D eigenvalue weighted by molar-refractivity contribution is 9.09. The van der Waals surface area contributed by atoms with E-state index in [9.17, 15) is 4.79 Å². The lowest BCUT2D eigenvalue weighted by Crippen LogP contribution is -2.37. The summed E-state index contributed by atoms with van der Waals surface area (Å²) in [5.41, 5.74) is 0. The van der Waals surface area contributed by atoms with Crippen molar-refractivity contribution in [1.82, 2.24) is 0 Å². The molecule has 0 saturated heterocycles. The molecular formula is C8H15BrO2Si. The van der Waals surface area contributed by atoms with Crippen LogP contribution in [0.3, 0.4) is 0 Å². The Bertz CT molecular complexity index is 212. The van der Waals surface area contributed by atoms with Gasteiger partial charge in [-0.15, -0.1) is 0 Å². The van der Waals surface area contributed by atoms with Gasteiger partial charge in [0, 0.05) is 4.83 Å². The van der Waals surface area contributed by atoms with Crippen molar-refractivity contribution in [1.29, 1.82) is 0 Å². The predicted octanol–water partition coefficient (Wildman–Crippen LogP) is 2.41. The molecule has 2 nitrogen and oxygen atoms in total. The third-order valence-corrected chi connectivity index (χ3v) is 7.73. The van der Waals surface area contributed by atoms with Crippen LogP contribution in [-0.2, 0) is 9.53 Å². The first-order valence-electron chi connectivity index (χ1n) is 4.09. The lowest BCUT2D eigenvalue weighted by Gasteiger charge is -2.26. The van der Waals surface area contributed by atoms with Crippen LogP contribution in [0.2, 0.25) is 24.7 Å².